The lowest BCUT2D eigenvalue weighted by Crippen LogP contribution is -2.45. The molecule has 178 valence electrons. The number of benzene rings is 1. The van der Waals surface area contributed by atoms with Crippen LogP contribution in [0.3, 0.4) is 0 Å². The van der Waals surface area contributed by atoms with Crippen molar-refractivity contribution in [1.29, 1.82) is 0 Å². The van der Waals surface area contributed by atoms with Gasteiger partial charge in [-0.1, -0.05) is 0 Å². The molecule has 1 aliphatic rings. The van der Waals surface area contributed by atoms with Crippen LogP contribution in [0, 0.1) is 23.3 Å². The third-order valence-corrected chi connectivity index (χ3v) is 5.02. The molecule has 12 heteroatoms. The number of likely N-dealkylation sites (N-methyl/N-ethyl adjacent to an activating group) is 1. The van der Waals surface area contributed by atoms with Gasteiger partial charge in [0.15, 0.2) is 29.0 Å². The molecule has 3 rings (SSSR count). The van der Waals surface area contributed by atoms with Gasteiger partial charge in [0.2, 0.25) is 5.95 Å². The second kappa shape index (κ2) is 11.6. The summed E-state index contributed by atoms with van der Waals surface area (Å²) >= 11 is 0. The summed E-state index contributed by atoms with van der Waals surface area (Å²) in [6.45, 7) is 4.83. The van der Waals surface area contributed by atoms with Crippen molar-refractivity contribution in [2.45, 2.75) is 6.61 Å². The summed E-state index contributed by atoms with van der Waals surface area (Å²) in [5, 5.41) is 2.88. The van der Waals surface area contributed by atoms with Gasteiger partial charge < -0.3 is 20.7 Å². The molecule has 3 N–H and O–H groups in total. The van der Waals surface area contributed by atoms with E-state index in [0.29, 0.717) is 12.2 Å². The minimum absolute atomic E-state index is 0.0446. The summed E-state index contributed by atoms with van der Waals surface area (Å²) in [4.78, 5) is 17.0. The Bertz CT molecular complexity index is 967. The number of hydrogen-bond donors (Lipinski definition) is 2. The summed E-state index contributed by atoms with van der Waals surface area (Å²) < 4.78 is 59.1. The zero-order valence-electron chi connectivity index (χ0n) is 18.1. The Hall–Kier alpha value is -3.25. The Morgan fingerprint density at radius 3 is 2.36 bits per heavy atom. The van der Waals surface area contributed by atoms with E-state index in [9.17, 15) is 17.6 Å². The normalized spacial score (nSPS) is 15.8. The molecular weight excluding hydrogens is 442 g/mol. The van der Waals surface area contributed by atoms with Crippen molar-refractivity contribution in [3.8, 4) is 5.75 Å². The Kier molecular flexibility index (Phi) is 8.55. The highest BCUT2D eigenvalue weighted by Crippen LogP contribution is 2.21. The maximum atomic E-state index is 13.7. The number of nitrogens with two attached hydrogens (primary N) is 1. The molecule has 0 spiro atoms. The van der Waals surface area contributed by atoms with E-state index in [1.807, 2.05) is 0 Å². The fraction of sp³-hybridized carbons (Fsp3) is 0.381. The van der Waals surface area contributed by atoms with Crippen molar-refractivity contribution in [2.24, 2.45) is 10.7 Å². The number of nitrogens with zero attached hydrogens (tertiary/aromatic N) is 5. The summed E-state index contributed by atoms with van der Waals surface area (Å²) in [6.07, 6.45) is 5.37. The van der Waals surface area contributed by atoms with Crippen LogP contribution >= 0.6 is 0 Å². The average molecular weight is 467 g/mol. The SMILES string of the molecule is CN1CCN(CCN=C/C(=C\N)Nc2ncc(OCc3c(F)c(F)cc(F)c3F)cn2)CC1. The summed E-state index contributed by atoms with van der Waals surface area (Å²) in [6, 6.07) is 0.135. The number of rotatable bonds is 9. The van der Waals surface area contributed by atoms with Gasteiger partial charge in [-0.15, -0.1) is 0 Å². The number of aliphatic imine (C=N–C) groups is 1. The fourth-order valence-electron chi connectivity index (χ4n) is 3.04. The van der Waals surface area contributed by atoms with Gasteiger partial charge in [0, 0.05) is 51.2 Å². The van der Waals surface area contributed by atoms with Crippen LogP contribution in [-0.4, -0.2) is 72.3 Å². The lowest BCUT2D eigenvalue weighted by Gasteiger charge is -2.31. The first-order valence-corrected chi connectivity index (χ1v) is 10.2. The van der Waals surface area contributed by atoms with E-state index >= 15 is 0 Å². The molecule has 0 unspecified atom stereocenters. The number of ether oxygens (including phenoxy) is 1. The van der Waals surface area contributed by atoms with E-state index in [4.69, 9.17) is 10.5 Å². The molecule has 33 heavy (non-hydrogen) atoms. The molecule has 1 aromatic heterocycles. The van der Waals surface area contributed by atoms with Crippen LogP contribution in [0.25, 0.3) is 0 Å². The molecule has 2 aromatic rings. The van der Waals surface area contributed by atoms with E-state index in [1.165, 1.54) is 18.6 Å². The predicted molar refractivity (Wildman–Crippen MR) is 116 cm³/mol. The Balaban J connectivity index is 1.49. The molecule has 0 saturated carbocycles. The van der Waals surface area contributed by atoms with Gasteiger partial charge in [-0.05, 0) is 7.05 Å². The topological polar surface area (TPSA) is 91.9 Å². The van der Waals surface area contributed by atoms with Crippen molar-refractivity contribution >= 4 is 12.2 Å². The van der Waals surface area contributed by atoms with Gasteiger partial charge in [0.25, 0.3) is 0 Å². The molecule has 0 aliphatic carbocycles. The maximum Gasteiger partial charge on any atom is 0.227 e. The van der Waals surface area contributed by atoms with Gasteiger partial charge in [0.1, 0.15) is 6.61 Å². The molecular formula is C21H25F4N7O. The highest BCUT2D eigenvalue weighted by atomic mass is 19.2. The number of anilines is 1. The molecule has 0 atom stereocenters. The minimum atomic E-state index is -1.52. The van der Waals surface area contributed by atoms with Crippen LogP contribution in [0.2, 0.25) is 0 Å². The lowest BCUT2D eigenvalue weighted by atomic mass is 10.2. The van der Waals surface area contributed by atoms with E-state index in [2.05, 4.69) is 37.1 Å². The highest BCUT2D eigenvalue weighted by molar-refractivity contribution is 5.81. The molecule has 1 aromatic carbocycles. The molecule has 8 nitrogen and oxygen atoms in total. The molecule has 0 radical (unpaired) electrons. The average Bonchev–Trinajstić information content (AvgIpc) is 2.81. The van der Waals surface area contributed by atoms with E-state index in [-0.39, 0.29) is 17.8 Å². The second-order valence-electron chi connectivity index (χ2n) is 7.40. The second-order valence-corrected chi connectivity index (χ2v) is 7.40. The first kappa shape index (κ1) is 24.4. The lowest BCUT2D eigenvalue weighted by molar-refractivity contribution is 0.157. The Morgan fingerprint density at radius 1 is 1.12 bits per heavy atom. The molecule has 0 bridgehead atoms. The van der Waals surface area contributed by atoms with E-state index in [0.717, 1.165) is 32.7 Å². The largest absolute Gasteiger partial charge is 0.485 e. The van der Waals surface area contributed by atoms with Crippen molar-refractivity contribution in [2.75, 3.05) is 51.6 Å². The Morgan fingerprint density at radius 2 is 1.76 bits per heavy atom. The zero-order chi connectivity index (χ0) is 23.8. The van der Waals surface area contributed by atoms with E-state index < -0.39 is 35.4 Å². The number of allylic oxidation sites excluding steroid dienone is 1. The number of hydrogen-bond acceptors (Lipinski definition) is 8. The van der Waals surface area contributed by atoms with Crippen molar-refractivity contribution < 1.29 is 22.3 Å². The minimum Gasteiger partial charge on any atom is -0.485 e. The van der Waals surface area contributed by atoms with Crippen LogP contribution in [-0.2, 0) is 6.61 Å². The van der Waals surface area contributed by atoms with Crippen LogP contribution in [0.4, 0.5) is 23.5 Å². The number of nitrogens with one attached hydrogen (secondary N) is 1. The van der Waals surface area contributed by atoms with Crippen molar-refractivity contribution in [3.63, 3.8) is 0 Å². The molecule has 2 heterocycles. The first-order chi connectivity index (χ1) is 15.9. The summed E-state index contributed by atoms with van der Waals surface area (Å²) in [5.74, 6) is -5.82. The fourth-order valence-corrected chi connectivity index (χ4v) is 3.04. The van der Waals surface area contributed by atoms with Crippen LogP contribution in [0.15, 0.2) is 35.3 Å². The first-order valence-electron chi connectivity index (χ1n) is 10.2. The monoisotopic (exact) mass is 467 g/mol. The smallest absolute Gasteiger partial charge is 0.227 e. The standard InChI is InChI=1S/C21H25F4N7O/c1-31-4-6-32(7-5-31)3-2-27-10-14(9-26)30-21-28-11-15(12-29-21)33-13-16-19(24)17(22)8-18(23)20(16)25/h8-12H,2-7,13,26H2,1H3,(H,28,29,30)/b14-9+,27-10?. The highest BCUT2D eigenvalue weighted by Gasteiger charge is 2.19. The van der Waals surface area contributed by atoms with Gasteiger partial charge in [0.05, 0.1) is 30.2 Å². The maximum absolute atomic E-state index is 13.7. The molecule has 1 fully saturated rings. The molecule has 1 aliphatic heterocycles. The van der Waals surface area contributed by atoms with Gasteiger partial charge in [-0.3, -0.25) is 9.89 Å². The van der Waals surface area contributed by atoms with Gasteiger partial charge >= 0.3 is 0 Å². The quantitative estimate of drug-likeness (QED) is 0.332. The number of aromatic nitrogens is 2. The third-order valence-electron chi connectivity index (χ3n) is 5.02. The summed E-state index contributed by atoms with van der Waals surface area (Å²) in [5.41, 5.74) is 5.22. The number of halogens is 4. The zero-order valence-corrected chi connectivity index (χ0v) is 18.1. The van der Waals surface area contributed by atoms with Crippen molar-refractivity contribution in [3.05, 3.63) is 59.2 Å². The van der Waals surface area contributed by atoms with Crippen LogP contribution < -0.4 is 15.8 Å². The van der Waals surface area contributed by atoms with Crippen molar-refractivity contribution in [1.82, 2.24) is 19.8 Å². The summed E-state index contributed by atoms with van der Waals surface area (Å²) in [7, 11) is 2.10. The number of piperazine rings is 1. The van der Waals surface area contributed by atoms with E-state index in [1.54, 1.807) is 6.21 Å². The van der Waals surface area contributed by atoms with Gasteiger partial charge in [-0.25, -0.2) is 27.5 Å². The van der Waals surface area contributed by atoms with Crippen LogP contribution in [0.1, 0.15) is 5.56 Å². The predicted octanol–water partition coefficient (Wildman–Crippen LogP) is 2.14. The Labute approximate surface area is 188 Å². The third kappa shape index (κ3) is 6.86. The molecule has 0 amide bonds. The van der Waals surface area contributed by atoms with Gasteiger partial charge in [-0.2, -0.15) is 0 Å². The molecule has 1 saturated heterocycles. The van der Waals surface area contributed by atoms with Crippen LogP contribution in [0.5, 0.6) is 5.75 Å².